The minimum Gasteiger partial charge on any atom is -0.330 e. The highest BCUT2D eigenvalue weighted by molar-refractivity contribution is 7.10. The van der Waals surface area contributed by atoms with Gasteiger partial charge in [0.15, 0.2) is 0 Å². The van der Waals surface area contributed by atoms with E-state index in [1.807, 2.05) is 6.92 Å². The molecule has 0 bridgehead atoms. The lowest BCUT2D eigenvalue weighted by Gasteiger charge is -2.08. The molecule has 0 fully saturated rings. The first kappa shape index (κ1) is 9.49. The average Bonchev–Trinajstić information content (AvgIpc) is 2.59. The molecule has 1 rings (SSSR count). The molecular formula is C10H15NS. The zero-order valence-corrected chi connectivity index (χ0v) is 8.18. The van der Waals surface area contributed by atoms with E-state index in [0.717, 1.165) is 13.0 Å². The Morgan fingerprint density at radius 3 is 3.00 bits per heavy atom. The number of allylic oxidation sites excluding steroid dienone is 2. The summed E-state index contributed by atoms with van der Waals surface area (Å²) in [6.07, 6.45) is 5.32. The maximum absolute atomic E-state index is 5.68. The molecule has 0 aromatic carbocycles. The average molecular weight is 181 g/mol. The topological polar surface area (TPSA) is 26.0 Å². The first-order valence-electron chi connectivity index (χ1n) is 4.23. The van der Waals surface area contributed by atoms with Crippen molar-refractivity contribution in [3.05, 3.63) is 34.5 Å². The summed E-state index contributed by atoms with van der Waals surface area (Å²) in [7, 11) is 0. The third-order valence-corrected chi connectivity index (χ3v) is 2.92. The molecule has 0 saturated heterocycles. The summed E-state index contributed by atoms with van der Waals surface area (Å²) in [4.78, 5) is 1.40. The summed E-state index contributed by atoms with van der Waals surface area (Å²) in [6.45, 7) is 2.78. The van der Waals surface area contributed by atoms with Crippen molar-refractivity contribution in [1.82, 2.24) is 0 Å². The van der Waals surface area contributed by atoms with Crippen LogP contribution in [0.4, 0.5) is 0 Å². The smallest absolute Gasteiger partial charge is 0.00918 e. The minimum absolute atomic E-state index is 0.515. The van der Waals surface area contributed by atoms with E-state index < -0.39 is 0 Å². The number of hydrogen-bond donors (Lipinski definition) is 1. The van der Waals surface area contributed by atoms with Crippen molar-refractivity contribution in [3.63, 3.8) is 0 Å². The summed E-state index contributed by atoms with van der Waals surface area (Å²) in [5, 5.41) is 2.10. The van der Waals surface area contributed by atoms with Crippen LogP contribution in [-0.4, -0.2) is 6.54 Å². The normalized spacial score (nSPS) is 13.8. The van der Waals surface area contributed by atoms with Crippen LogP contribution < -0.4 is 5.73 Å². The molecule has 1 unspecified atom stereocenters. The van der Waals surface area contributed by atoms with Crippen LogP contribution >= 0.6 is 11.3 Å². The van der Waals surface area contributed by atoms with Gasteiger partial charge in [-0.2, -0.15) is 0 Å². The second-order valence-electron chi connectivity index (χ2n) is 2.75. The van der Waals surface area contributed by atoms with Gasteiger partial charge < -0.3 is 5.73 Å². The molecule has 0 aliphatic heterocycles. The van der Waals surface area contributed by atoms with Gasteiger partial charge in [-0.25, -0.2) is 0 Å². The Kier molecular flexibility index (Phi) is 4.05. The van der Waals surface area contributed by atoms with Crippen LogP contribution in [0.3, 0.4) is 0 Å². The molecule has 1 aromatic heterocycles. The van der Waals surface area contributed by atoms with Crippen molar-refractivity contribution in [1.29, 1.82) is 0 Å². The molecule has 1 aromatic rings. The van der Waals surface area contributed by atoms with Gasteiger partial charge in [-0.3, -0.25) is 0 Å². The van der Waals surface area contributed by atoms with Gasteiger partial charge in [0.25, 0.3) is 0 Å². The summed E-state index contributed by atoms with van der Waals surface area (Å²) in [5.41, 5.74) is 5.68. The van der Waals surface area contributed by atoms with Gasteiger partial charge >= 0.3 is 0 Å². The lowest BCUT2D eigenvalue weighted by Crippen LogP contribution is -2.10. The van der Waals surface area contributed by atoms with E-state index in [4.69, 9.17) is 5.73 Å². The first-order chi connectivity index (χ1) is 5.88. The fraction of sp³-hybridized carbons (Fsp3) is 0.400. The summed E-state index contributed by atoms with van der Waals surface area (Å²) >= 11 is 1.79. The predicted octanol–water partition coefficient (Wildman–Crippen LogP) is 2.76. The number of thiophene rings is 1. The van der Waals surface area contributed by atoms with E-state index in [1.165, 1.54) is 4.88 Å². The molecule has 1 heterocycles. The van der Waals surface area contributed by atoms with E-state index >= 15 is 0 Å². The van der Waals surface area contributed by atoms with Crippen molar-refractivity contribution in [2.45, 2.75) is 19.3 Å². The predicted molar refractivity (Wildman–Crippen MR) is 55.5 cm³/mol. The molecule has 0 saturated carbocycles. The zero-order valence-electron chi connectivity index (χ0n) is 7.36. The number of rotatable bonds is 4. The number of hydrogen-bond acceptors (Lipinski definition) is 2. The van der Waals surface area contributed by atoms with Crippen LogP contribution in [-0.2, 0) is 0 Å². The minimum atomic E-state index is 0.515. The van der Waals surface area contributed by atoms with Gasteiger partial charge in [-0.15, -0.1) is 11.3 Å². The van der Waals surface area contributed by atoms with Crippen LogP contribution in [0.1, 0.15) is 24.1 Å². The second-order valence-corrected chi connectivity index (χ2v) is 3.73. The molecule has 2 heteroatoms. The lowest BCUT2D eigenvalue weighted by molar-refractivity contribution is 0.723. The molecule has 12 heavy (non-hydrogen) atoms. The highest BCUT2D eigenvalue weighted by atomic mass is 32.1. The van der Waals surface area contributed by atoms with E-state index in [2.05, 4.69) is 29.7 Å². The molecule has 0 spiro atoms. The summed E-state index contributed by atoms with van der Waals surface area (Å²) < 4.78 is 0. The van der Waals surface area contributed by atoms with Crippen molar-refractivity contribution in [2.75, 3.05) is 6.54 Å². The van der Waals surface area contributed by atoms with E-state index in [-0.39, 0.29) is 0 Å². The molecule has 0 aliphatic carbocycles. The highest BCUT2D eigenvalue weighted by Crippen LogP contribution is 2.23. The lowest BCUT2D eigenvalue weighted by atomic mass is 10.0. The Morgan fingerprint density at radius 1 is 1.67 bits per heavy atom. The molecular weight excluding hydrogens is 166 g/mol. The monoisotopic (exact) mass is 181 g/mol. The highest BCUT2D eigenvalue weighted by Gasteiger charge is 2.07. The van der Waals surface area contributed by atoms with Crippen LogP contribution in [0.2, 0.25) is 0 Å². The Bertz CT molecular complexity index is 226. The largest absolute Gasteiger partial charge is 0.330 e. The Hall–Kier alpha value is -0.600. The van der Waals surface area contributed by atoms with Crippen molar-refractivity contribution in [2.24, 2.45) is 5.73 Å². The van der Waals surface area contributed by atoms with Crippen LogP contribution in [0.5, 0.6) is 0 Å². The first-order valence-corrected chi connectivity index (χ1v) is 5.11. The third-order valence-electron chi connectivity index (χ3n) is 1.89. The van der Waals surface area contributed by atoms with Crippen LogP contribution in [0, 0.1) is 0 Å². The van der Waals surface area contributed by atoms with Gasteiger partial charge in [0, 0.05) is 17.3 Å². The Morgan fingerprint density at radius 2 is 2.50 bits per heavy atom. The fourth-order valence-corrected chi connectivity index (χ4v) is 2.01. The van der Waals surface area contributed by atoms with Crippen molar-refractivity contribution in [3.8, 4) is 0 Å². The quantitative estimate of drug-likeness (QED) is 0.710. The fourth-order valence-electron chi connectivity index (χ4n) is 1.15. The molecule has 1 nitrogen and oxygen atoms in total. The number of nitrogens with two attached hydrogens (primary N) is 1. The molecule has 66 valence electrons. The third kappa shape index (κ3) is 2.47. The van der Waals surface area contributed by atoms with Crippen LogP contribution in [0.25, 0.3) is 0 Å². The van der Waals surface area contributed by atoms with E-state index in [0.29, 0.717) is 5.92 Å². The SMILES string of the molecule is C/C=C/CC(CN)c1cccs1. The van der Waals surface area contributed by atoms with E-state index in [9.17, 15) is 0 Å². The van der Waals surface area contributed by atoms with Crippen molar-refractivity contribution < 1.29 is 0 Å². The standard InChI is InChI=1S/C10H15NS/c1-2-3-5-9(8-11)10-6-4-7-12-10/h2-4,6-7,9H,5,8,11H2,1H3/b3-2+. The van der Waals surface area contributed by atoms with Crippen molar-refractivity contribution >= 4 is 11.3 Å². The molecule has 0 amide bonds. The maximum Gasteiger partial charge on any atom is 0.00918 e. The Labute approximate surface area is 77.9 Å². The van der Waals surface area contributed by atoms with Gasteiger partial charge in [-0.05, 0) is 24.8 Å². The van der Waals surface area contributed by atoms with Crippen LogP contribution in [0.15, 0.2) is 29.7 Å². The molecule has 2 N–H and O–H groups in total. The maximum atomic E-state index is 5.68. The molecule has 1 atom stereocenters. The second kappa shape index (κ2) is 5.12. The molecule has 0 aliphatic rings. The van der Waals surface area contributed by atoms with Gasteiger partial charge in [0.1, 0.15) is 0 Å². The summed E-state index contributed by atoms with van der Waals surface area (Å²) in [5.74, 6) is 0.515. The van der Waals surface area contributed by atoms with E-state index in [1.54, 1.807) is 11.3 Å². The summed E-state index contributed by atoms with van der Waals surface area (Å²) in [6, 6.07) is 4.24. The zero-order chi connectivity index (χ0) is 8.81. The van der Waals surface area contributed by atoms with Gasteiger partial charge in [0.2, 0.25) is 0 Å². The molecule has 0 radical (unpaired) electrons. The van der Waals surface area contributed by atoms with Gasteiger partial charge in [-0.1, -0.05) is 18.2 Å². The van der Waals surface area contributed by atoms with Gasteiger partial charge in [0.05, 0.1) is 0 Å². The Balaban J connectivity index is 2.57.